The van der Waals surface area contributed by atoms with Crippen LogP contribution >= 0.6 is 0 Å². The molecule has 25 heavy (non-hydrogen) atoms. The van der Waals surface area contributed by atoms with Crippen LogP contribution in [-0.4, -0.2) is 35.2 Å². The van der Waals surface area contributed by atoms with Gasteiger partial charge in [-0.2, -0.15) is 4.98 Å². The highest BCUT2D eigenvalue weighted by molar-refractivity contribution is 5.76. The van der Waals surface area contributed by atoms with Gasteiger partial charge in [-0.25, -0.2) is 0 Å². The number of benzene rings is 1. The topological polar surface area (TPSA) is 103 Å². The third-order valence-corrected chi connectivity index (χ3v) is 4.43. The summed E-state index contributed by atoms with van der Waals surface area (Å²) >= 11 is 0. The fraction of sp³-hybridized carbons (Fsp3) is 0.500. The Kier molecular flexibility index (Phi) is 6.52. The Morgan fingerprint density at radius 3 is 2.56 bits per heavy atom. The van der Waals surface area contributed by atoms with Crippen LogP contribution in [0.3, 0.4) is 0 Å². The molecule has 2 aromatic rings. The fourth-order valence-electron chi connectivity index (χ4n) is 2.30. The van der Waals surface area contributed by atoms with E-state index in [1.807, 2.05) is 38.1 Å². The van der Waals surface area contributed by atoms with Crippen molar-refractivity contribution in [3.8, 4) is 17.1 Å². The molecule has 0 aliphatic heterocycles. The number of hydrogen-bond donors (Lipinski definition) is 2. The minimum atomic E-state index is -0.346. The first-order chi connectivity index (χ1) is 12.0. The molecule has 136 valence electrons. The minimum absolute atomic E-state index is 0.0686. The number of hydrogen-bond acceptors (Lipinski definition) is 6. The van der Waals surface area contributed by atoms with Gasteiger partial charge in [-0.3, -0.25) is 4.79 Å². The van der Waals surface area contributed by atoms with E-state index in [0.29, 0.717) is 24.7 Å². The molecule has 2 rings (SSSR count). The van der Waals surface area contributed by atoms with Crippen LogP contribution < -0.4 is 15.8 Å². The summed E-state index contributed by atoms with van der Waals surface area (Å²) in [6, 6.07) is 7.38. The molecule has 0 spiro atoms. The van der Waals surface area contributed by atoms with Gasteiger partial charge < -0.3 is 20.3 Å². The standard InChI is InChI=1S/C18H26N4O3/c1-4-18(19,5-2)12-20-15(23)10-11-16-21-17(22-25-16)13-6-8-14(24-3)9-7-13/h6-9H,4-5,10-12,19H2,1-3H3,(H,20,23). The lowest BCUT2D eigenvalue weighted by molar-refractivity contribution is -0.121. The predicted octanol–water partition coefficient (Wildman–Crippen LogP) is 2.31. The van der Waals surface area contributed by atoms with Crippen molar-refractivity contribution in [2.24, 2.45) is 5.73 Å². The Bertz CT molecular complexity index is 678. The summed E-state index contributed by atoms with van der Waals surface area (Å²) in [4.78, 5) is 16.3. The number of ether oxygens (including phenoxy) is 1. The second-order valence-electron chi connectivity index (χ2n) is 6.09. The largest absolute Gasteiger partial charge is 0.497 e. The van der Waals surface area contributed by atoms with Crippen molar-refractivity contribution in [2.75, 3.05) is 13.7 Å². The van der Waals surface area contributed by atoms with E-state index < -0.39 is 0 Å². The summed E-state index contributed by atoms with van der Waals surface area (Å²) in [6.45, 7) is 4.52. The Morgan fingerprint density at radius 1 is 1.28 bits per heavy atom. The van der Waals surface area contributed by atoms with E-state index >= 15 is 0 Å². The van der Waals surface area contributed by atoms with Crippen molar-refractivity contribution in [3.05, 3.63) is 30.2 Å². The third-order valence-electron chi connectivity index (χ3n) is 4.43. The summed E-state index contributed by atoms with van der Waals surface area (Å²) in [5.74, 6) is 1.63. The number of nitrogens with two attached hydrogens (primary N) is 1. The van der Waals surface area contributed by atoms with E-state index in [2.05, 4.69) is 15.5 Å². The maximum Gasteiger partial charge on any atom is 0.227 e. The molecule has 0 saturated heterocycles. The third kappa shape index (κ3) is 5.29. The van der Waals surface area contributed by atoms with Crippen LogP contribution in [0.2, 0.25) is 0 Å². The van der Waals surface area contributed by atoms with Crippen LogP contribution in [0.5, 0.6) is 5.75 Å². The highest BCUT2D eigenvalue weighted by Crippen LogP contribution is 2.20. The minimum Gasteiger partial charge on any atom is -0.497 e. The number of nitrogens with zero attached hydrogens (tertiary/aromatic N) is 2. The monoisotopic (exact) mass is 346 g/mol. The zero-order valence-electron chi connectivity index (χ0n) is 15.0. The number of methoxy groups -OCH3 is 1. The highest BCUT2D eigenvalue weighted by atomic mass is 16.5. The molecule has 3 N–H and O–H groups in total. The van der Waals surface area contributed by atoms with E-state index in [1.165, 1.54) is 0 Å². The average molecular weight is 346 g/mol. The predicted molar refractivity (Wildman–Crippen MR) is 95.1 cm³/mol. The van der Waals surface area contributed by atoms with Crippen LogP contribution in [0.15, 0.2) is 28.8 Å². The molecule has 0 radical (unpaired) electrons. The van der Waals surface area contributed by atoms with Crippen molar-refractivity contribution in [3.63, 3.8) is 0 Å². The van der Waals surface area contributed by atoms with E-state index in [4.69, 9.17) is 15.0 Å². The summed E-state index contributed by atoms with van der Waals surface area (Å²) in [5.41, 5.74) is 6.66. The molecule has 1 aromatic carbocycles. The lowest BCUT2D eigenvalue weighted by Gasteiger charge is -2.26. The fourth-order valence-corrected chi connectivity index (χ4v) is 2.30. The second-order valence-corrected chi connectivity index (χ2v) is 6.09. The Hall–Kier alpha value is -2.41. The molecule has 1 aromatic heterocycles. The molecule has 0 bridgehead atoms. The molecule has 7 nitrogen and oxygen atoms in total. The van der Waals surface area contributed by atoms with Gasteiger partial charge in [0.1, 0.15) is 5.75 Å². The number of aromatic nitrogens is 2. The summed E-state index contributed by atoms with van der Waals surface area (Å²) < 4.78 is 10.3. The maximum atomic E-state index is 12.0. The van der Waals surface area contributed by atoms with Gasteiger partial charge in [-0.15, -0.1) is 0 Å². The van der Waals surface area contributed by atoms with Crippen molar-refractivity contribution >= 4 is 5.91 Å². The Morgan fingerprint density at radius 2 is 1.96 bits per heavy atom. The van der Waals surface area contributed by atoms with Gasteiger partial charge in [0.15, 0.2) is 0 Å². The first-order valence-electron chi connectivity index (χ1n) is 8.52. The molecule has 1 heterocycles. The number of nitrogens with one attached hydrogen (secondary N) is 1. The lowest BCUT2D eigenvalue weighted by Crippen LogP contribution is -2.49. The van der Waals surface area contributed by atoms with E-state index in [9.17, 15) is 4.79 Å². The maximum absolute atomic E-state index is 12.0. The highest BCUT2D eigenvalue weighted by Gasteiger charge is 2.21. The zero-order valence-corrected chi connectivity index (χ0v) is 15.0. The number of carbonyl (C=O) groups is 1. The molecule has 1 amide bonds. The molecule has 0 saturated carbocycles. The number of carbonyl (C=O) groups excluding carboxylic acids is 1. The first kappa shape index (κ1) is 18.9. The smallest absolute Gasteiger partial charge is 0.227 e. The normalized spacial score (nSPS) is 11.4. The first-order valence-corrected chi connectivity index (χ1v) is 8.52. The second kappa shape index (κ2) is 8.62. The SMILES string of the molecule is CCC(N)(CC)CNC(=O)CCc1nc(-c2ccc(OC)cc2)no1. The Balaban J connectivity index is 1.85. The summed E-state index contributed by atoms with van der Waals surface area (Å²) in [6.07, 6.45) is 2.32. The zero-order chi connectivity index (χ0) is 18.3. The van der Waals surface area contributed by atoms with E-state index in [-0.39, 0.29) is 17.9 Å². The van der Waals surface area contributed by atoms with Crippen LogP contribution in [0, 0.1) is 0 Å². The molecule has 0 atom stereocenters. The Labute approximate surface area is 147 Å². The van der Waals surface area contributed by atoms with E-state index in [0.717, 1.165) is 24.2 Å². The number of rotatable bonds is 9. The van der Waals surface area contributed by atoms with E-state index in [1.54, 1.807) is 7.11 Å². The van der Waals surface area contributed by atoms with Gasteiger partial charge >= 0.3 is 0 Å². The van der Waals surface area contributed by atoms with Gasteiger partial charge in [0, 0.05) is 30.5 Å². The van der Waals surface area contributed by atoms with Crippen molar-refractivity contribution in [2.45, 2.75) is 45.1 Å². The van der Waals surface area contributed by atoms with Crippen molar-refractivity contribution in [1.29, 1.82) is 0 Å². The summed E-state index contributed by atoms with van der Waals surface area (Å²) in [7, 11) is 1.61. The van der Waals surface area contributed by atoms with Crippen LogP contribution in [0.1, 0.15) is 39.0 Å². The average Bonchev–Trinajstić information content (AvgIpc) is 3.13. The van der Waals surface area contributed by atoms with Crippen LogP contribution in [0.25, 0.3) is 11.4 Å². The van der Waals surface area contributed by atoms with Gasteiger partial charge in [0.05, 0.1) is 7.11 Å². The van der Waals surface area contributed by atoms with Crippen molar-refractivity contribution in [1.82, 2.24) is 15.5 Å². The molecular formula is C18H26N4O3. The lowest BCUT2D eigenvalue weighted by atomic mass is 9.94. The van der Waals surface area contributed by atoms with Crippen LogP contribution in [-0.2, 0) is 11.2 Å². The molecule has 0 fully saturated rings. The molecule has 0 aliphatic carbocycles. The van der Waals surface area contributed by atoms with Crippen molar-refractivity contribution < 1.29 is 14.1 Å². The molecule has 7 heteroatoms. The molecule has 0 aliphatic rings. The molecular weight excluding hydrogens is 320 g/mol. The van der Waals surface area contributed by atoms with Crippen LogP contribution in [0.4, 0.5) is 0 Å². The summed E-state index contributed by atoms with van der Waals surface area (Å²) in [5, 5.41) is 6.83. The molecule has 0 unspecified atom stereocenters. The van der Waals surface area contributed by atoms with Gasteiger partial charge in [0.25, 0.3) is 0 Å². The quantitative estimate of drug-likeness (QED) is 0.722. The van der Waals surface area contributed by atoms with Gasteiger partial charge in [0.2, 0.25) is 17.6 Å². The number of aryl methyl sites for hydroxylation is 1. The van der Waals surface area contributed by atoms with Gasteiger partial charge in [-0.1, -0.05) is 19.0 Å². The number of amides is 1. The van der Waals surface area contributed by atoms with Gasteiger partial charge in [-0.05, 0) is 37.1 Å².